The number of carbonyl (C=O) groups excluding carboxylic acids is 1. The topological polar surface area (TPSA) is 43.1 Å². The van der Waals surface area contributed by atoms with Crippen molar-refractivity contribution in [3.8, 4) is 5.75 Å². The van der Waals surface area contributed by atoms with E-state index in [1.54, 1.807) is 0 Å². The summed E-state index contributed by atoms with van der Waals surface area (Å²) < 4.78 is 7.62. The smallest absolute Gasteiger partial charge is 0.227 e. The molecule has 0 aliphatic heterocycles. The Balaban J connectivity index is 0.00000261. The van der Waals surface area contributed by atoms with Gasteiger partial charge in [-0.15, -0.1) is 0 Å². The minimum absolute atomic E-state index is 0. The number of Topliss-reactive ketones (excluding diaryl/α,β-unsaturated/α-hetero) is 1. The van der Waals surface area contributed by atoms with Crippen molar-refractivity contribution in [1.29, 1.82) is 0 Å². The van der Waals surface area contributed by atoms with Gasteiger partial charge in [0.2, 0.25) is 12.3 Å². The Labute approximate surface area is 170 Å². The van der Waals surface area contributed by atoms with Crippen LogP contribution in [0.5, 0.6) is 5.75 Å². The van der Waals surface area contributed by atoms with Crippen LogP contribution in [0, 0.1) is 20.8 Å². The molecule has 27 heavy (non-hydrogen) atoms. The third-order valence-corrected chi connectivity index (χ3v) is 4.35. The lowest BCUT2D eigenvalue weighted by Crippen LogP contribution is -3.00. The third-order valence-electron chi connectivity index (χ3n) is 4.35. The molecule has 0 saturated carbocycles. The van der Waals surface area contributed by atoms with E-state index in [-0.39, 0.29) is 22.8 Å². The molecular formula is C22H23BrN2O2. The highest BCUT2D eigenvalue weighted by molar-refractivity contribution is 5.95. The van der Waals surface area contributed by atoms with Gasteiger partial charge in [-0.2, -0.15) is 4.57 Å². The Kier molecular flexibility index (Phi) is 7.25. The number of halogens is 1. The maximum atomic E-state index is 12.4. The molecule has 3 aromatic rings. The predicted octanol–water partition coefficient (Wildman–Crippen LogP) is 0.760. The van der Waals surface area contributed by atoms with Gasteiger partial charge in [-0.05, 0) is 50.1 Å². The Morgan fingerprint density at radius 3 is 2.41 bits per heavy atom. The number of hydrogen-bond donors (Lipinski definition) is 0. The van der Waals surface area contributed by atoms with Gasteiger partial charge in [-0.25, -0.2) is 0 Å². The van der Waals surface area contributed by atoms with Gasteiger partial charge in [0.15, 0.2) is 12.4 Å². The zero-order valence-corrected chi connectivity index (χ0v) is 17.4. The van der Waals surface area contributed by atoms with Crippen LogP contribution in [0.3, 0.4) is 0 Å². The summed E-state index contributed by atoms with van der Waals surface area (Å²) in [5.74, 6) is 0.846. The monoisotopic (exact) mass is 426 g/mol. The number of rotatable bonds is 6. The van der Waals surface area contributed by atoms with Crippen LogP contribution in [0.15, 0.2) is 60.9 Å². The van der Waals surface area contributed by atoms with Crippen LogP contribution in [0.1, 0.15) is 32.9 Å². The fraction of sp³-hybridized carbons (Fsp3) is 0.227. The number of nitrogens with zero attached hydrogens (tertiary/aromatic N) is 2. The van der Waals surface area contributed by atoms with Crippen molar-refractivity contribution in [3.63, 3.8) is 0 Å². The lowest BCUT2D eigenvalue weighted by Gasteiger charge is -2.06. The quantitative estimate of drug-likeness (QED) is 0.431. The second-order valence-electron chi connectivity index (χ2n) is 6.49. The number of aromatic nitrogens is 2. The average molecular weight is 427 g/mol. The van der Waals surface area contributed by atoms with Crippen LogP contribution in [-0.4, -0.2) is 10.8 Å². The number of aryl methyl sites for hydroxylation is 3. The zero-order chi connectivity index (χ0) is 18.5. The fourth-order valence-electron chi connectivity index (χ4n) is 2.65. The van der Waals surface area contributed by atoms with Crippen molar-refractivity contribution in [2.45, 2.75) is 33.9 Å². The van der Waals surface area contributed by atoms with E-state index < -0.39 is 0 Å². The highest BCUT2D eigenvalue weighted by atomic mass is 79.9. The number of hydrogen-bond acceptors (Lipinski definition) is 3. The Hall–Kier alpha value is -2.53. The largest absolute Gasteiger partial charge is 1.00 e. The summed E-state index contributed by atoms with van der Waals surface area (Å²) in [6.45, 7) is 6.76. The molecule has 0 aliphatic carbocycles. The van der Waals surface area contributed by atoms with E-state index in [4.69, 9.17) is 4.74 Å². The third kappa shape index (κ3) is 5.73. The zero-order valence-electron chi connectivity index (χ0n) is 15.8. The van der Waals surface area contributed by atoms with Crippen LogP contribution in [0.4, 0.5) is 0 Å². The van der Waals surface area contributed by atoms with Gasteiger partial charge in [0.05, 0.1) is 5.69 Å². The van der Waals surface area contributed by atoms with Crippen molar-refractivity contribution >= 4 is 5.78 Å². The average Bonchev–Trinajstić information content (AvgIpc) is 2.63. The molecule has 140 valence electrons. The first-order valence-corrected chi connectivity index (χ1v) is 8.66. The summed E-state index contributed by atoms with van der Waals surface area (Å²) in [6, 6.07) is 15.4. The van der Waals surface area contributed by atoms with Crippen molar-refractivity contribution in [1.82, 2.24) is 4.98 Å². The summed E-state index contributed by atoms with van der Waals surface area (Å²) in [6.07, 6.45) is 3.72. The first-order valence-electron chi connectivity index (χ1n) is 8.66. The molecule has 0 saturated heterocycles. The van der Waals surface area contributed by atoms with E-state index in [0.29, 0.717) is 13.2 Å². The molecule has 4 nitrogen and oxygen atoms in total. The molecule has 3 rings (SSSR count). The number of carbonyl (C=O) groups is 1. The van der Waals surface area contributed by atoms with Gasteiger partial charge in [-0.3, -0.25) is 9.78 Å². The van der Waals surface area contributed by atoms with Gasteiger partial charge in [0.1, 0.15) is 12.4 Å². The summed E-state index contributed by atoms with van der Waals surface area (Å²) in [5, 5.41) is 0. The van der Waals surface area contributed by atoms with E-state index in [1.165, 1.54) is 5.56 Å². The second-order valence-corrected chi connectivity index (χ2v) is 6.49. The molecule has 2 aromatic heterocycles. The lowest BCUT2D eigenvalue weighted by molar-refractivity contribution is -0.683. The summed E-state index contributed by atoms with van der Waals surface area (Å²) in [5.41, 5.74) is 4.94. The molecule has 0 spiro atoms. The maximum absolute atomic E-state index is 12.4. The van der Waals surface area contributed by atoms with Crippen molar-refractivity contribution in [3.05, 3.63) is 89.0 Å². The predicted molar refractivity (Wildman–Crippen MR) is 100 cm³/mol. The molecular weight excluding hydrogens is 404 g/mol. The second kappa shape index (κ2) is 9.42. The molecule has 0 fully saturated rings. The van der Waals surface area contributed by atoms with E-state index in [2.05, 4.69) is 4.98 Å². The molecule has 2 heterocycles. The van der Waals surface area contributed by atoms with Crippen LogP contribution in [-0.2, 0) is 13.2 Å². The summed E-state index contributed by atoms with van der Waals surface area (Å²) >= 11 is 0. The number of pyridine rings is 2. The minimum Gasteiger partial charge on any atom is -1.00 e. The van der Waals surface area contributed by atoms with Gasteiger partial charge >= 0.3 is 0 Å². The van der Waals surface area contributed by atoms with Crippen molar-refractivity contribution in [2.75, 3.05) is 0 Å². The van der Waals surface area contributed by atoms with E-state index >= 15 is 0 Å². The van der Waals surface area contributed by atoms with Gasteiger partial charge in [-0.1, -0.05) is 18.2 Å². The molecule has 0 amide bonds. The first-order chi connectivity index (χ1) is 12.5. The first kappa shape index (κ1) is 20.8. The number of ether oxygens (including phenoxy) is 1. The van der Waals surface area contributed by atoms with E-state index in [1.807, 2.05) is 86.3 Å². The number of benzene rings is 1. The SMILES string of the molecule is Cc1cccc(COc2cc[n+](CC(=O)c3ccc(C)c(C)c3)cc2)n1.[Br-]. The molecule has 0 bridgehead atoms. The van der Waals surface area contributed by atoms with Crippen LogP contribution in [0.25, 0.3) is 0 Å². The van der Waals surface area contributed by atoms with Crippen molar-refractivity contribution in [2.24, 2.45) is 0 Å². The van der Waals surface area contributed by atoms with Crippen LogP contribution < -0.4 is 26.3 Å². The van der Waals surface area contributed by atoms with E-state index in [9.17, 15) is 4.79 Å². The molecule has 0 unspecified atom stereocenters. The summed E-state index contributed by atoms with van der Waals surface area (Å²) in [7, 11) is 0. The van der Waals surface area contributed by atoms with Gasteiger partial charge in [0, 0.05) is 23.4 Å². The molecule has 0 radical (unpaired) electrons. The van der Waals surface area contributed by atoms with Gasteiger partial charge in [0.25, 0.3) is 0 Å². The number of ketones is 1. The molecule has 0 aliphatic rings. The lowest BCUT2D eigenvalue weighted by atomic mass is 10.0. The molecule has 5 heteroatoms. The van der Waals surface area contributed by atoms with E-state index in [0.717, 1.165) is 28.3 Å². The highest BCUT2D eigenvalue weighted by Crippen LogP contribution is 2.12. The van der Waals surface area contributed by atoms with Crippen molar-refractivity contribution < 1.29 is 31.1 Å². The standard InChI is InChI=1S/C22H23N2O2.BrH/c1-16-7-8-19(13-17(16)2)22(25)14-24-11-9-21(10-12-24)26-15-20-6-4-5-18(3)23-20;/h4-13H,14-15H2,1-3H3;1H/q+1;/p-1. The van der Waals surface area contributed by atoms with Crippen LogP contribution >= 0.6 is 0 Å². The maximum Gasteiger partial charge on any atom is 0.227 e. The summed E-state index contributed by atoms with van der Waals surface area (Å²) in [4.78, 5) is 16.9. The minimum atomic E-state index is 0. The van der Waals surface area contributed by atoms with Crippen LogP contribution in [0.2, 0.25) is 0 Å². The molecule has 0 atom stereocenters. The Morgan fingerprint density at radius 1 is 1.00 bits per heavy atom. The molecule has 0 N–H and O–H groups in total. The highest BCUT2D eigenvalue weighted by Gasteiger charge is 2.13. The Morgan fingerprint density at radius 2 is 1.74 bits per heavy atom. The fourth-order valence-corrected chi connectivity index (χ4v) is 2.65. The molecule has 1 aromatic carbocycles. The Bertz CT molecular complexity index is 924. The normalized spacial score (nSPS) is 10.2. The van der Waals surface area contributed by atoms with Gasteiger partial charge < -0.3 is 21.7 Å².